The molecule has 13 heteroatoms. The fraction of sp³-hybridized carbons (Fsp3) is 0.458. The van der Waals surface area contributed by atoms with E-state index >= 15 is 0 Å². The van der Waals surface area contributed by atoms with Crippen molar-refractivity contribution in [2.24, 2.45) is 11.7 Å². The van der Waals surface area contributed by atoms with Crippen LogP contribution in [0.25, 0.3) is 0 Å². The van der Waals surface area contributed by atoms with Gasteiger partial charge in [-0.15, -0.1) is 0 Å². The second kappa shape index (κ2) is 9.53. The van der Waals surface area contributed by atoms with Crippen molar-refractivity contribution in [2.45, 2.75) is 43.7 Å². The normalized spacial score (nSPS) is 26.0. The molecule has 4 rings (SSSR count). The number of nitrogens with two attached hydrogens (primary N) is 1. The van der Waals surface area contributed by atoms with Gasteiger partial charge in [0.1, 0.15) is 11.8 Å². The molecule has 2 fully saturated rings. The van der Waals surface area contributed by atoms with Crippen LogP contribution in [0, 0.1) is 17.6 Å². The lowest BCUT2D eigenvalue weighted by molar-refractivity contribution is -0.272. The maximum atomic E-state index is 14.6. The average molecular weight is 529 g/mol. The van der Waals surface area contributed by atoms with Crippen LogP contribution in [-0.2, 0) is 14.3 Å². The predicted molar refractivity (Wildman–Crippen MR) is 119 cm³/mol. The van der Waals surface area contributed by atoms with Gasteiger partial charge >= 0.3 is 6.18 Å². The van der Waals surface area contributed by atoms with Crippen LogP contribution in [0.4, 0.5) is 27.6 Å². The van der Waals surface area contributed by atoms with Gasteiger partial charge < -0.3 is 24.8 Å². The quantitative estimate of drug-likeness (QED) is 0.576. The number of hydrogen-bond donors (Lipinski definition) is 1. The number of carbonyl (C=O) groups excluding carboxylic acids is 2. The van der Waals surface area contributed by atoms with Crippen molar-refractivity contribution in [1.82, 2.24) is 4.98 Å². The fourth-order valence-corrected chi connectivity index (χ4v) is 4.76. The third-order valence-corrected chi connectivity index (χ3v) is 7.05. The largest absolute Gasteiger partial charge is 0.493 e. The summed E-state index contributed by atoms with van der Waals surface area (Å²) >= 11 is 0. The Kier molecular flexibility index (Phi) is 6.88. The molecule has 2 aliphatic heterocycles. The van der Waals surface area contributed by atoms with E-state index in [0.717, 1.165) is 31.1 Å². The zero-order chi connectivity index (χ0) is 27.3. The van der Waals surface area contributed by atoms with E-state index in [2.05, 4.69) is 4.98 Å². The van der Waals surface area contributed by atoms with Crippen LogP contribution >= 0.6 is 0 Å². The molecule has 2 N–H and O–H groups in total. The summed E-state index contributed by atoms with van der Waals surface area (Å²) in [5.41, 5.74) is 2.30. The summed E-state index contributed by atoms with van der Waals surface area (Å²) < 4.78 is 87.0. The highest BCUT2D eigenvalue weighted by atomic mass is 19.4. The van der Waals surface area contributed by atoms with Crippen LogP contribution < -0.4 is 15.4 Å². The van der Waals surface area contributed by atoms with E-state index in [-0.39, 0.29) is 30.2 Å². The van der Waals surface area contributed by atoms with Crippen LogP contribution in [0.3, 0.4) is 0 Å². The van der Waals surface area contributed by atoms with Crippen molar-refractivity contribution < 1.29 is 45.8 Å². The number of amides is 2. The Hall–Kier alpha value is -3.32. The second-order valence-corrected chi connectivity index (χ2v) is 9.10. The molecule has 3 heterocycles. The minimum atomic E-state index is -4.91. The predicted octanol–water partition coefficient (Wildman–Crippen LogP) is 3.34. The number of hydrogen-bond acceptors (Lipinski definition) is 6. The van der Waals surface area contributed by atoms with Crippen molar-refractivity contribution in [3.63, 3.8) is 0 Å². The highest BCUT2D eigenvalue weighted by Crippen LogP contribution is 2.55. The molecule has 2 amide bonds. The van der Waals surface area contributed by atoms with Gasteiger partial charge in [-0.05, 0) is 25.1 Å². The van der Waals surface area contributed by atoms with Gasteiger partial charge in [0, 0.05) is 29.3 Å². The third-order valence-electron chi connectivity index (χ3n) is 7.05. The molecule has 2 aliphatic rings. The van der Waals surface area contributed by atoms with Gasteiger partial charge in [-0.3, -0.25) is 14.6 Å². The number of pyridine rings is 1. The SMILES string of the molecule is COc1c([C@H]2[C@H](C(=O)N(c3ccnc(C(N)=O)c3)C3COC3)O[C@@](C)(C(F)(F)F)[C@H]2C)ccc(F)c1F. The Morgan fingerprint density at radius 2 is 1.89 bits per heavy atom. The van der Waals surface area contributed by atoms with Crippen molar-refractivity contribution in [1.29, 1.82) is 0 Å². The maximum Gasteiger partial charge on any atom is 0.417 e. The molecule has 1 aromatic carbocycles. The summed E-state index contributed by atoms with van der Waals surface area (Å²) in [7, 11) is 1.04. The van der Waals surface area contributed by atoms with Gasteiger partial charge in [0.05, 0.1) is 26.4 Å². The molecule has 0 spiro atoms. The van der Waals surface area contributed by atoms with Crippen LogP contribution in [0.1, 0.15) is 35.8 Å². The zero-order valence-corrected chi connectivity index (χ0v) is 20.0. The number of anilines is 1. The highest BCUT2D eigenvalue weighted by molar-refractivity contribution is 6.00. The summed E-state index contributed by atoms with van der Waals surface area (Å²) in [6, 6.07) is 3.85. The van der Waals surface area contributed by atoms with E-state index in [1.54, 1.807) is 0 Å². The third kappa shape index (κ3) is 4.39. The van der Waals surface area contributed by atoms with E-state index in [1.807, 2.05) is 0 Å². The zero-order valence-electron chi connectivity index (χ0n) is 20.0. The minimum absolute atomic E-state index is 0.0674. The number of primary amides is 1. The fourth-order valence-electron chi connectivity index (χ4n) is 4.76. The van der Waals surface area contributed by atoms with E-state index in [4.69, 9.17) is 19.9 Å². The summed E-state index contributed by atoms with van der Waals surface area (Å²) in [5.74, 6) is -7.86. The topological polar surface area (TPSA) is 104 Å². The number of halogens is 5. The Bertz CT molecular complexity index is 1220. The number of ether oxygens (including phenoxy) is 3. The lowest BCUT2D eigenvalue weighted by Crippen LogP contribution is -2.56. The van der Waals surface area contributed by atoms with Gasteiger partial charge in [-0.1, -0.05) is 13.0 Å². The smallest absolute Gasteiger partial charge is 0.417 e. The van der Waals surface area contributed by atoms with Crippen LogP contribution in [0.2, 0.25) is 0 Å². The molecule has 8 nitrogen and oxygen atoms in total. The molecule has 0 saturated carbocycles. The molecule has 2 saturated heterocycles. The molecule has 0 aliphatic carbocycles. The molecule has 0 unspecified atom stereocenters. The molecule has 37 heavy (non-hydrogen) atoms. The van der Waals surface area contributed by atoms with Gasteiger partial charge in [-0.2, -0.15) is 17.6 Å². The van der Waals surface area contributed by atoms with Gasteiger partial charge in [0.2, 0.25) is 5.82 Å². The molecule has 0 bridgehead atoms. The van der Waals surface area contributed by atoms with Crippen LogP contribution in [-0.4, -0.2) is 61.0 Å². The Morgan fingerprint density at radius 3 is 2.43 bits per heavy atom. The Labute approximate surface area is 208 Å². The summed E-state index contributed by atoms with van der Waals surface area (Å²) in [5, 5.41) is 0. The molecule has 2 aromatic rings. The molecule has 4 atom stereocenters. The van der Waals surface area contributed by atoms with E-state index in [1.165, 1.54) is 25.3 Å². The molecular weight excluding hydrogens is 505 g/mol. The number of nitrogens with zero attached hydrogens (tertiary/aromatic N) is 2. The van der Waals surface area contributed by atoms with Gasteiger partial charge in [-0.25, -0.2) is 4.39 Å². The van der Waals surface area contributed by atoms with Crippen molar-refractivity contribution in [3.8, 4) is 5.75 Å². The first kappa shape index (κ1) is 26.7. The number of rotatable bonds is 6. The number of carbonyl (C=O) groups is 2. The average Bonchev–Trinajstić information content (AvgIpc) is 3.09. The Morgan fingerprint density at radius 1 is 1.22 bits per heavy atom. The first-order valence-electron chi connectivity index (χ1n) is 11.2. The van der Waals surface area contributed by atoms with E-state index < -0.39 is 65.0 Å². The van der Waals surface area contributed by atoms with Crippen molar-refractivity contribution in [3.05, 3.63) is 53.4 Å². The van der Waals surface area contributed by atoms with E-state index in [0.29, 0.717) is 0 Å². The number of methoxy groups -OCH3 is 1. The van der Waals surface area contributed by atoms with Crippen LogP contribution in [0.15, 0.2) is 30.5 Å². The maximum absolute atomic E-state index is 14.6. The lowest BCUT2D eigenvalue weighted by atomic mass is 9.76. The molecule has 1 aromatic heterocycles. The lowest BCUT2D eigenvalue weighted by Gasteiger charge is -2.39. The van der Waals surface area contributed by atoms with Crippen molar-refractivity contribution >= 4 is 17.5 Å². The first-order chi connectivity index (χ1) is 17.3. The Balaban J connectivity index is 1.86. The monoisotopic (exact) mass is 529 g/mol. The van der Waals surface area contributed by atoms with Gasteiger partial charge in [0.15, 0.2) is 17.2 Å². The second-order valence-electron chi connectivity index (χ2n) is 9.10. The summed E-state index contributed by atoms with van der Waals surface area (Å²) in [6.07, 6.45) is -5.47. The minimum Gasteiger partial charge on any atom is -0.493 e. The molecule has 0 radical (unpaired) electrons. The van der Waals surface area contributed by atoms with E-state index in [9.17, 15) is 31.5 Å². The highest BCUT2D eigenvalue weighted by Gasteiger charge is 2.66. The molecular formula is C24H24F5N3O5. The van der Waals surface area contributed by atoms with Crippen LogP contribution in [0.5, 0.6) is 5.75 Å². The molecule has 200 valence electrons. The first-order valence-corrected chi connectivity index (χ1v) is 11.2. The number of aromatic nitrogens is 1. The van der Waals surface area contributed by atoms with Crippen molar-refractivity contribution in [2.75, 3.05) is 25.2 Å². The van der Waals surface area contributed by atoms with Gasteiger partial charge in [0.25, 0.3) is 11.8 Å². The number of alkyl halides is 3. The number of benzene rings is 1. The summed E-state index contributed by atoms with van der Waals surface area (Å²) in [4.78, 5) is 30.6. The summed E-state index contributed by atoms with van der Waals surface area (Å²) in [6.45, 7) is 2.16. The standard InChI is InChI=1S/C24H24F5N3O5/c1-11-17(14-4-5-15(25)18(26)19(14)35-3)20(37-23(11,2)24(27,28)29)22(34)32(13-9-36-10-13)12-6-7-31-16(8-12)21(30)33/h4-8,11,13,17,20H,9-10H2,1-3H3,(H2,30,33)/t11-,17-,20+,23+/m0/s1.